The number of esters is 1. The molecule has 1 heterocycles. The molecule has 0 bridgehead atoms. The van der Waals surface area contributed by atoms with Gasteiger partial charge in [0.1, 0.15) is 18.9 Å². The molecule has 0 aliphatic carbocycles. The van der Waals surface area contributed by atoms with E-state index in [-0.39, 0.29) is 25.5 Å². The number of carbonyl (C=O) groups excluding carboxylic acids is 3. The SMILES string of the molecule is COCCOC(=O)Nc1cccc(NC(=O)c2[nH]c(C)c(C(=O)OCCOC)c2C)c1. The second-order valence-corrected chi connectivity index (χ2v) is 6.54. The Balaban J connectivity index is 2.06. The Labute approximate surface area is 180 Å². The third-order valence-electron chi connectivity index (χ3n) is 4.28. The highest BCUT2D eigenvalue weighted by Gasteiger charge is 2.23. The molecule has 0 aliphatic rings. The predicted octanol–water partition coefficient (Wildman–Crippen LogP) is 2.88. The lowest BCUT2D eigenvalue weighted by molar-refractivity contribution is 0.0386. The van der Waals surface area contributed by atoms with Crippen molar-refractivity contribution in [3.8, 4) is 0 Å². The first-order valence-electron chi connectivity index (χ1n) is 9.56. The molecular formula is C21H27N3O7. The van der Waals surface area contributed by atoms with Crippen LogP contribution < -0.4 is 10.6 Å². The number of methoxy groups -OCH3 is 2. The molecule has 2 aromatic rings. The van der Waals surface area contributed by atoms with Crippen molar-refractivity contribution in [2.24, 2.45) is 0 Å². The van der Waals surface area contributed by atoms with Crippen LogP contribution in [0.3, 0.4) is 0 Å². The van der Waals surface area contributed by atoms with Crippen molar-refractivity contribution in [3.63, 3.8) is 0 Å². The molecule has 1 aromatic carbocycles. The Bertz CT molecular complexity index is 924. The average molecular weight is 433 g/mol. The van der Waals surface area contributed by atoms with Crippen LogP contribution >= 0.6 is 0 Å². The van der Waals surface area contributed by atoms with Crippen LogP contribution in [0.5, 0.6) is 0 Å². The number of hydrogen-bond acceptors (Lipinski definition) is 7. The molecule has 168 valence electrons. The quantitative estimate of drug-likeness (QED) is 0.388. The van der Waals surface area contributed by atoms with Crippen molar-refractivity contribution in [1.82, 2.24) is 4.98 Å². The fourth-order valence-electron chi connectivity index (χ4n) is 2.81. The van der Waals surface area contributed by atoms with Gasteiger partial charge in [0, 0.05) is 31.3 Å². The average Bonchev–Trinajstić information content (AvgIpc) is 3.02. The van der Waals surface area contributed by atoms with Gasteiger partial charge in [-0.05, 0) is 37.6 Å². The molecule has 0 fully saturated rings. The largest absolute Gasteiger partial charge is 0.460 e. The molecule has 0 saturated heterocycles. The van der Waals surface area contributed by atoms with Gasteiger partial charge in [-0.2, -0.15) is 0 Å². The smallest absolute Gasteiger partial charge is 0.411 e. The van der Waals surface area contributed by atoms with Gasteiger partial charge >= 0.3 is 12.1 Å². The van der Waals surface area contributed by atoms with Gasteiger partial charge in [0.15, 0.2) is 0 Å². The summed E-state index contributed by atoms with van der Waals surface area (Å²) in [5, 5.41) is 5.31. The number of carbonyl (C=O) groups is 3. The molecule has 10 heteroatoms. The summed E-state index contributed by atoms with van der Waals surface area (Å²) in [5.41, 5.74) is 2.47. The van der Waals surface area contributed by atoms with Gasteiger partial charge < -0.3 is 29.2 Å². The molecule has 0 aliphatic heterocycles. The first-order chi connectivity index (χ1) is 14.9. The number of H-pyrrole nitrogens is 1. The Morgan fingerprint density at radius 2 is 1.52 bits per heavy atom. The van der Waals surface area contributed by atoms with E-state index in [1.807, 2.05) is 0 Å². The summed E-state index contributed by atoms with van der Waals surface area (Å²) in [6, 6.07) is 6.59. The zero-order chi connectivity index (χ0) is 22.8. The number of ether oxygens (including phenoxy) is 4. The van der Waals surface area contributed by atoms with E-state index in [9.17, 15) is 14.4 Å². The fraction of sp³-hybridized carbons (Fsp3) is 0.381. The number of hydrogen-bond donors (Lipinski definition) is 3. The van der Waals surface area contributed by atoms with E-state index in [1.54, 1.807) is 38.1 Å². The maximum atomic E-state index is 12.8. The maximum absolute atomic E-state index is 12.8. The first kappa shape index (κ1) is 23.9. The minimum atomic E-state index is -0.631. The van der Waals surface area contributed by atoms with E-state index in [0.717, 1.165) is 0 Å². The van der Waals surface area contributed by atoms with Crippen molar-refractivity contribution < 1.29 is 33.3 Å². The standard InChI is InChI=1S/C21H27N3O7/c1-13-17(20(26)30-10-8-28-3)14(2)22-18(13)19(25)23-15-6-5-7-16(12-15)24-21(27)31-11-9-29-4/h5-7,12,22H,8-11H2,1-4H3,(H,23,25)(H,24,27). The van der Waals surface area contributed by atoms with Crippen molar-refractivity contribution in [2.45, 2.75) is 13.8 Å². The zero-order valence-corrected chi connectivity index (χ0v) is 18.0. The topological polar surface area (TPSA) is 128 Å². The predicted molar refractivity (Wildman–Crippen MR) is 114 cm³/mol. The second-order valence-electron chi connectivity index (χ2n) is 6.54. The Morgan fingerprint density at radius 1 is 0.903 bits per heavy atom. The van der Waals surface area contributed by atoms with E-state index in [2.05, 4.69) is 15.6 Å². The third kappa shape index (κ3) is 6.83. The number of nitrogens with one attached hydrogen (secondary N) is 3. The molecule has 0 radical (unpaired) electrons. The van der Waals surface area contributed by atoms with E-state index >= 15 is 0 Å². The molecule has 31 heavy (non-hydrogen) atoms. The highest BCUT2D eigenvalue weighted by Crippen LogP contribution is 2.21. The van der Waals surface area contributed by atoms with Gasteiger partial charge in [-0.3, -0.25) is 10.1 Å². The lowest BCUT2D eigenvalue weighted by atomic mass is 10.1. The highest BCUT2D eigenvalue weighted by atomic mass is 16.6. The van der Waals surface area contributed by atoms with E-state index in [1.165, 1.54) is 14.2 Å². The lowest BCUT2D eigenvalue weighted by Crippen LogP contribution is -2.17. The highest BCUT2D eigenvalue weighted by molar-refractivity contribution is 6.07. The van der Waals surface area contributed by atoms with Crippen molar-refractivity contribution in [3.05, 3.63) is 46.8 Å². The van der Waals surface area contributed by atoms with Gasteiger partial charge in [-0.15, -0.1) is 0 Å². The number of benzene rings is 1. The number of aromatic amines is 1. The molecule has 3 N–H and O–H groups in total. The molecule has 0 spiro atoms. The summed E-state index contributed by atoms with van der Waals surface area (Å²) in [6.07, 6.45) is -0.631. The van der Waals surface area contributed by atoms with Crippen LogP contribution in [0.15, 0.2) is 24.3 Å². The van der Waals surface area contributed by atoms with Crippen molar-refractivity contribution in [1.29, 1.82) is 0 Å². The van der Waals surface area contributed by atoms with Gasteiger partial charge in [0.05, 0.1) is 18.8 Å². The van der Waals surface area contributed by atoms with Gasteiger partial charge in [-0.1, -0.05) is 6.07 Å². The zero-order valence-electron chi connectivity index (χ0n) is 18.0. The lowest BCUT2D eigenvalue weighted by Gasteiger charge is -2.09. The monoisotopic (exact) mass is 433 g/mol. The Morgan fingerprint density at radius 3 is 2.16 bits per heavy atom. The Kier molecular flexibility index (Phi) is 9.04. The molecule has 10 nitrogen and oxygen atoms in total. The number of aryl methyl sites for hydroxylation is 1. The first-order valence-corrected chi connectivity index (χ1v) is 9.56. The van der Waals surface area contributed by atoms with E-state index < -0.39 is 18.0 Å². The molecule has 1 aromatic heterocycles. The van der Waals surface area contributed by atoms with Crippen molar-refractivity contribution in [2.75, 3.05) is 51.3 Å². The summed E-state index contributed by atoms with van der Waals surface area (Å²) >= 11 is 0. The second kappa shape index (κ2) is 11.7. The molecule has 0 unspecified atom stereocenters. The van der Waals surface area contributed by atoms with Crippen molar-refractivity contribution >= 4 is 29.3 Å². The van der Waals surface area contributed by atoms with Gasteiger partial charge in [0.2, 0.25) is 0 Å². The number of aromatic nitrogens is 1. The number of anilines is 2. The number of amides is 2. The van der Waals surface area contributed by atoms with Crippen LogP contribution in [0.2, 0.25) is 0 Å². The Hall–Kier alpha value is -3.37. The normalized spacial score (nSPS) is 10.5. The summed E-state index contributed by atoms with van der Waals surface area (Å²) < 4.78 is 19.8. The molecular weight excluding hydrogens is 406 g/mol. The molecule has 2 amide bonds. The van der Waals surface area contributed by atoms with Crippen LogP contribution in [0.4, 0.5) is 16.2 Å². The minimum absolute atomic E-state index is 0.120. The maximum Gasteiger partial charge on any atom is 0.411 e. The number of rotatable bonds is 10. The van der Waals surface area contributed by atoms with E-state index in [4.69, 9.17) is 18.9 Å². The summed E-state index contributed by atoms with van der Waals surface area (Å²) in [7, 11) is 3.02. The van der Waals surface area contributed by atoms with Crippen LogP contribution in [0.25, 0.3) is 0 Å². The molecule has 0 atom stereocenters. The molecule has 0 saturated carbocycles. The fourth-order valence-corrected chi connectivity index (χ4v) is 2.81. The van der Waals surface area contributed by atoms with Gasteiger partial charge in [0.25, 0.3) is 5.91 Å². The summed E-state index contributed by atoms with van der Waals surface area (Å²) in [5.74, 6) is -0.961. The summed E-state index contributed by atoms with van der Waals surface area (Å²) in [6.45, 7) is 4.18. The van der Waals surface area contributed by atoms with Crippen LogP contribution in [-0.4, -0.2) is 63.6 Å². The summed E-state index contributed by atoms with van der Waals surface area (Å²) in [4.78, 5) is 39.7. The van der Waals surface area contributed by atoms with E-state index in [0.29, 0.717) is 34.8 Å². The molecule has 2 rings (SSSR count). The van der Waals surface area contributed by atoms with Crippen LogP contribution in [-0.2, 0) is 18.9 Å². The van der Waals surface area contributed by atoms with Gasteiger partial charge in [-0.25, -0.2) is 9.59 Å². The third-order valence-corrected chi connectivity index (χ3v) is 4.28. The van der Waals surface area contributed by atoms with Crippen LogP contribution in [0.1, 0.15) is 32.1 Å². The van der Waals surface area contributed by atoms with Crippen LogP contribution in [0, 0.1) is 13.8 Å². The minimum Gasteiger partial charge on any atom is -0.460 e.